The number of fused-ring (bicyclic) bond motifs is 1. The highest BCUT2D eigenvalue weighted by molar-refractivity contribution is 6.00. The van der Waals surface area contributed by atoms with Crippen LogP contribution in [0.15, 0.2) is 77.4 Å². The molecule has 1 aliphatic rings. The standard InChI is InChI=1S/C32H34N2O3/c1-5-36-30-20-31-28(29(21-37-31)26-12-11-22(2)17-23(26)3)19-27(30)24(4)18-32(35)34-15-13-33(14-16-34)25-9-7-6-8-10-25/h6-12,17-21H,5,13-16H2,1-4H3/b24-18+. The zero-order valence-corrected chi connectivity index (χ0v) is 22.1. The maximum Gasteiger partial charge on any atom is 0.246 e. The summed E-state index contributed by atoms with van der Waals surface area (Å²) < 4.78 is 11.9. The van der Waals surface area contributed by atoms with Gasteiger partial charge in [-0.05, 0) is 62.6 Å². The molecular formula is C32H34N2O3. The van der Waals surface area contributed by atoms with Gasteiger partial charge in [0.1, 0.15) is 11.3 Å². The Kier molecular flexibility index (Phi) is 7.04. The topological polar surface area (TPSA) is 45.9 Å². The highest BCUT2D eigenvalue weighted by Gasteiger charge is 2.21. The Labute approximate surface area is 219 Å². The molecule has 0 N–H and O–H groups in total. The second kappa shape index (κ2) is 10.6. The van der Waals surface area contributed by atoms with Gasteiger partial charge in [-0.1, -0.05) is 42.0 Å². The van der Waals surface area contributed by atoms with Crippen molar-refractivity contribution in [1.29, 1.82) is 0 Å². The summed E-state index contributed by atoms with van der Waals surface area (Å²) in [6.45, 7) is 11.8. The lowest BCUT2D eigenvalue weighted by molar-refractivity contribution is -0.126. The Balaban J connectivity index is 1.42. The lowest BCUT2D eigenvalue weighted by Crippen LogP contribution is -2.48. The van der Waals surface area contributed by atoms with Crippen molar-refractivity contribution >= 4 is 28.1 Å². The summed E-state index contributed by atoms with van der Waals surface area (Å²) in [7, 11) is 0. The van der Waals surface area contributed by atoms with E-state index >= 15 is 0 Å². The van der Waals surface area contributed by atoms with Crippen molar-refractivity contribution in [2.24, 2.45) is 0 Å². The highest BCUT2D eigenvalue weighted by atomic mass is 16.5. The van der Waals surface area contributed by atoms with Crippen molar-refractivity contribution in [2.45, 2.75) is 27.7 Å². The van der Waals surface area contributed by atoms with Gasteiger partial charge in [-0.25, -0.2) is 0 Å². The lowest BCUT2D eigenvalue weighted by Gasteiger charge is -2.35. The fraction of sp³-hybridized carbons (Fsp3) is 0.281. The zero-order chi connectivity index (χ0) is 25.9. The molecule has 190 valence electrons. The van der Waals surface area contributed by atoms with Gasteiger partial charge in [0.25, 0.3) is 0 Å². The van der Waals surface area contributed by atoms with Crippen LogP contribution in [0.4, 0.5) is 5.69 Å². The van der Waals surface area contributed by atoms with Crippen molar-refractivity contribution in [3.63, 3.8) is 0 Å². The molecule has 0 bridgehead atoms. The molecule has 5 heteroatoms. The van der Waals surface area contributed by atoms with E-state index < -0.39 is 0 Å². The van der Waals surface area contributed by atoms with Gasteiger partial charge >= 0.3 is 0 Å². The first-order valence-electron chi connectivity index (χ1n) is 13.0. The lowest BCUT2D eigenvalue weighted by atomic mass is 9.96. The SMILES string of the molecule is CCOc1cc2occ(-c3ccc(C)cc3C)c2cc1/C(C)=C/C(=O)N1CCN(c2ccccc2)CC1. The average Bonchev–Trinajstić information content (AvgIpc) is 3.31. The van der Waals surface area contributed by atoms with E-state index in [9.17, 15) is 4.79 Å². The molecule has 5 rings (SSSR count). The molecule has 1 aromatic heterocycles. The molecule has 0 radical (unpaired) electrons. The van der Waals surface area contributed by atoms with Gasteiger partial charge in [0.15, 0.2) is 0 Å². The summed E-state index contributed by atoms with van der Waals surface area (Å²) >= 11 is 0. The first-order chi connectivity index (χ1) is 17.9. The van der Waals surface area contributed by atoms with Gasteiger partial charge in [0, 0.05) is 60.5 Å². The number of aryl methyl sites for hydroxylation is 2. The predicted octanol–water partition coefficient (Wildman–Crippen LogP) is 6.87. The van der Waals surface area contributed by atoms with Crippen LogP contribution in [0.5, 0.6) is 5.75 Å². The molecule has 0 atom stereocenters. The fourth-order valence-electron chi connectivity index (χ4n) is 5.14. The van der Waals surface area contributed by atoms with Crippen LogP contribution in [-0.4, -0.2) is 43.6 Å². The number of rotatable bonds is 6. The summed E-state index contributed by atoms with van der Waals surface area (Å²) in [5.41, 5.74) is 8.41. The number of amides is 1. The van der Waals surface area contributed by atoms with E-state index in [4.69, 9.17) is 9.15 Å². The fourth-order valence-corrected chi connectivity index (χ4v) is 5.14. The van der Waals surface area contributed by atoms with Gasteiger partial charge in [0.05, 0.1) is 12.9 Å². The first-order valence-corrected chi connectivity index (χ1v) is 13.0. The van der Waals surface area contributed by atoms with Crippen LogP contribution in [0.1, 0.15) is 30.5 Å². The molecule has 5 nitrogen and oxygen atoms in total. The number of nitrogens with zero attached hydrogens (tertiary/aromatic N) is 2. The number of allylic oxidation sites excluding steroid dienone is 1. The number of hydrogen-bond acceptors (Lipinski definition) is 4. The van der Waals surface area contributed by atoms with Crippen LogP contribution >= 0.6 is 0 Å². The summed E-state index contributed by atoms with van der Waals surface area (Å²) in [6, 6.07) is 20.9. The number of carbonyl (C=O) groups excluding carboxylic acids is 1. The van der Waals surface area contributed by atoms with E-state index in [2.05, 4.69) is 67.3 Å². The number of hydrogen-bond donors (Lipinski definition) is 0. The van der Waals surface area contributed by atoms with Crippen molar-refractivity contribution in [1.82, 2.24) is 4.90 Å². The van der Waals surface area contributed by atoms with E-state index in [-0.39, 0.29) is 5.91 Å². The molecule has 0 unspecified atom stereocenters. The van der Waals surface area contributed by atoms with Crippen LogP contribution in [0, 0.1) is 13.8 Å². The van der Waals surface area contributed by atoms with Crippen molar-refractivity contribution in [2.75, 3.05) is 37.7 Å². The molecule has 0 saturated carbocycles. The van der Waals surface area contributed by atoms with Gasteiger partial charge in [0.2, 0.25) is 5.91 Å². The van der Waals surface area contributed by atoms with E-state index in [1.54, 1.807) is 6.08 Å². The van der Waals surface area contributed by atoms with E-state index in [1.165, 1.54) is 16.8 Å². The molecule has 1 aliphatic heterocycles. The second-order valence-corrected chi connectivity index (χ2v) is 9.72. The molecule has 4 aromatic rings. The quantitative estimate of drug-likeness (QED) is 0.275. The minimum absolute atomic E-state index is 0.0366. The number of para-hydroxylation sites is 1. The second-order valence-electron chi connectivity index (χ2n) is 9.72. The number of carbonyl (C=O) groups is 1. The minimum Gasteiger partial charge on any atom is -0.493 e. The van der Waals surface area contributed by atoms with E-state index in [0.717, 1.165) is 52.1 Å². The summed E-state index contributed by atoms with van der Waals surface area (Å²) in [5.74, 6) is 0.765. The Bertz CT molecular complexity index is 1440. The molecule has 0 aliphatic carbocycles. The van der Waals surface area contributed by atoms with Crippen LogP contribution < -0.4 is 9.64 Å². The normalized spacial score (nSPS) is 14.3. The Hall–Kier alpha value is -3.99. The number of benzene rings is 3. The van der Waals surface area contributed by atoms with Gasteiger partial charge in [-0.3, -0.25) is 4.79 Å². The maximum atomic E-state index is 13.2. The number of piperazine rings is 1. The molecule has 37 heavy (non-hydrogen) atoms. The van der Waals surface area contributed by atoms with Crippen molar-refractivity contribution in [3.05, 3.63) is 89.7 Å². The smallest absolute Gasteiger partial charge is 0.246 e. The van der Waals surface area contributed by atoms with Gasteiger partial charge in [-0.15, -0.1) is 0 Å². The molecule has 2 heterocycles. The third-order valence-corrected chi connectivity index (χ3v) is 7.13. The van der Waals surface area contributed by atoms with E-state index in [0.29, 0.717) is 19.7 Å². The molecule has 3 aromatic carbocycles. The zero-order valence-electron chi connectivity index (χ0n) is 22.1. The maximum absolute atomic E-state index is 13.2. The van der Waals surface area contributed by atoms with Crippen LogP contribution in [0.2, 0.25) is 0 Å². The Morgan fingerprint density at radius 3 is 2.43 bits per heavy atom. The van der Waals surface area contributed by atoms with Gasteiger partial charge < -0.3 is 19.0 Å². The number of furan rings is 1. The Morgan fingerprint density at radius 2 is 1.73 bits per heavy atom. The molecule has 0 spiro atoms. The van der Waals surface area contributed by atoms with Crippen LogP contribution in [0.25, 0.3) is 27.7 Å². The average molecular weight is 495 g/mol. The molecule has 1 amide bonds. The molecule has 1 fully saturated rings. The van der Waals surface area contributed by atoms with Crippen molar-refractivity contribution in [3.8, 4) is 16.9 Å². The number of ether oxygens (including phenoxy) is 1. The first kappa shape index (κ1) is 24.7. The number of anilines is 1. The highest BCUT2D eigenvalue weighted by Crippen LogP contribution is 2.38. The Morgan fingerprint density at radius 1 is 0.973 bits per heavy atom. The predicted molar refractivity (Wildman–Crippen MR) is 151 cm³/mol. The molecule has 1 saturated heterocycles. The summed E-state index contributed by atoms with van der Waals surface area (Å²) in [5, 5.41) is 1.02. The van der Waals surface area contributed by atoms with E-state index in [1.807, 2.05) is 37.1 Å². The third-order valence-electron chi connectivity index (χ3n) is 7.13. The molecular weight excluding hydrogens is 460 g/mol. The largest absolute Gasteiger partial charge is 0.493 e. The van der Waals surface area contributed by atoms with Crippen LogP contribution in [-0.2, 0) is 4.79 Å². The monoisotopic (exact) mass is 494 g/mol. The van der Waals surface area contributed by atoms with Crippen LogP contribution in [0.3, 0.4) is 0 Å². The summed E-state index contributed by atoms with van der Waals surface area (Å²) in [4.78, 5) is 17.5. The minimum atomic E-state index is 0.0366. The van der Waals surface area contributed by atoms with Crippen molar-refractivity contribution < 1.29 is 13.9 Å². The third kappa shape index (κ3) is 5.12. The van der Waals surface area contributed by atoms with Gasteiger partial charge in [-0.2, -0.15) is 0 Å². The summed E-state index contributed by atoms with van der Waals surface area (Å²) in [6.07, 6.45) is 3.57.